The first-order valence-corrected chi connectivity index (χ1v) is 7.91. The molecule has 0 spiro atoms. The molecule has 0 radical (unpaired) electrons. The Bertz CT molecular complexity index is 448. The van der Waals surface area contributed by atoms with E-state index >= 15 is 0 Å². The Balaban J connectivity index is 1.76. The van der Waals surface area contributed by atoms with Gasteiger partial charge < -0.3 is 5.11 Å². The van der Waals surface area contributed by atoms with E-state index in [4.69, 9.17) is 0 Å². The molecule has 1 N–H and O–H groups in total. The minimum atomic E-state index is -0.494. The van der Waals surface area contributed by atoms with Crippen LogP contribution in [-0.4, -0.2) is 27.7 Å². The molecule has 2 bridgehead atoms. The molecule has 2 saturated heterocycles. The van der Waals surface area contributed by atoms with Gasteiger partial charge in [0.1, 0.15) is 0 Å². The van der Waals surface area contributed by atoms with Crippen molar-refractivity contribution in [3.8, 4) is 0 Å². The summed E-state index contributed by atoms with van der Waals surface area (Å²) in [5.41, 5.74) is 0.879. The monoisotopic (exact) mass is 273 g/mol. The Morgan fingerprint density at radius 1 is 1.10 bits per heavy atom. The molecule has 0 aromatic heterocycles. The van der Waals surface area contributed by atoms with E-state index in [0.29, 0.717) is 12.1 Å². The summed E-state index contributed by atoms with van der Waals surface area (Å²) >= 11 is 0. The van der Waals surface area contributed by atoms with Gasteiger partial charge in [-0.2, -0.15) is 0 Å². The Morgan fingerprint density at radius 2 is 1.65 bits per heavy atom. The molecule has 0 amide bonds. The Hall–Kier alpha value is -0.860. The summed E-state index contributed by atoms with van der Waals surface area (Å²) in [6.45, 7) is 7.58. The fourth-order valence-electron chi connectivity index (χ4n) is 3.98. The van der Waals surface area contributed by atoms with E-state index in [-0.39, 0.29) is 5.41 Å². The molecule has 2 aliphatic heterocycles. The quantitative estimate of drug-likeness (QED) is 0.890. The largest absolute Gasteiger partial charge is 0.389 e. The first-order chi connectivity index (χ1) is 9.39. The molecule has 20 heavy (non-hydrogen) atoms. The summed E-state index contributed by atoms with van der Waals surface area (Å²) in [4.78, 5) is 2.63. The second-order valence-electron chi connectivity index (χ2n) is 7.73. The molecule has 1 aromatic carbocycles. The number of nitrogens with zero attached hydrogens (tertiary/aromatic N) is 1. The molecule has 2 aliphatic rings. The summed E-state index contributed by atoms with van der Waals surface area (Å²) in [5.74, 6) is 0. The highest BCUT2D eigenvalue weighted by molar-refractivity contribution is 5.16. The van der Waals surface area contributed by atoms with Gasteiger partial charge in [-0.1, -0.05) is 51.1 Å². The van der Waals surface area contributed by atoms with Gasteiger partial charge in [0, 0.05) is 18.6 Å². The van der Waals surface area contributed by atoms with Crippen LogP contribution < -0.4 is 0 Å². The van der Waals surface area contributed by atoms with Crippen LogP contribution in [0.1, 0.15) is 52.0 Å². The maximum atomic E-state index is 11.0. The van der Waals surface area contributed by atoms with Crippen molar-refractivity contribution in [3.05, 3.63) is 35.9 Å². The summed E-state index contributed by atoms with van der Waals surface area (Å²) in [7, 11) is 0. The lowest BCUT2D eigenvalue weighted by Gasteiger charge is -2.50. The lowest BCUT2D eigenvalue weighted by Crippen LogP contribution is -2.56. The second kappa shape index (κ2) is 4.85. The molecule has 2 heterocycles. The van der Waals surface area contributed by atoms with Gasteiger partial charge in [0.15, 0.2) is 0 Å². The van der Waals surface area contributed by atoms with Gasteiger partial charge >= 0.3 is 0 Å². The SMILES string of the molecule is CC(C)(C)C1(O)CC2CCC(C1)N2Cc1ccccc1. The van der Waals surface area contributed by atoms with Crippen molar-refractivity contribution in [2.45, 2.75) is 70.7 Å². The normalized spacial score (nSPS) is 34.4. The van der Waals surface area contributed by atoms with E-state index < -0.39 is 5.60 Å². The van der Waals surface area contributed by atoms with Crippen molar-refractivity contribution < 1.29 is 5.11 Å². The van der Waals surface area contributed by atoms with Gasteiger partial charge in [-0.25, -0.2) is 0 Å². The fraction of sp³-hybridized carbons (Fsp3) is 0.667. The molecule has 2 fully saturated rings. The van der Waals surface area contributed by atoms with Gasteiger partial charge in [0.05, 0.1) is 5.60 Å². The molecule has 2 unspecified atom stereocenters. The van der Waals surface area contributed by atoms with Crippen LogP contribution in [0.4, 0.5) is 0 Å². The predicted octanol–water partition coefficient (Wildman–Crippen LogP) is 3.59. The van der Waals surface area contributed by atoms with Crippen molar-refractivity contribution in [3.63, 3.8) is 0 Å². The first-order valence-electron chi connectivity index (χ1n) is 7.91. The van der Waals surface area contributed by atoms with Crippen LogP contribution in [0, 0.1) is 5.41 Å². The van der Waals surface area contributed by atoms with Crippen LogP contribution in [-0.2, 0) is 6.54 Å². The average Bonchev–Trinajstić information content (AvgIpc) is 2.63. The molecule has 1 aromatic rings. The minimum Gasteiger partial charge on any atom is -0.389 e. The third-order valence-electron chi connectivity index (χ3n) is 5.52. The van der Waals surface area contributed by atoms with E-state index in [9.17, 15) is 5.11 Å². The number of rotatable bonds is 2. The summed E-state index contributed by atoms with van der Waals surface area (Å²) < 4.78 is 0. The molecular weight excluding hydrogens is 246 g/mol. The molecule has 2 nitrogen and oxygen atoms in total. The van der Waals surface area contributed by atoms with Gasteiger partial charge in [-0.05, 0) is 36.7 Å². The number of benzene rings is 1. The Labute approximate surface area is 122 Å². The number of piperidine rings is 1. The van der Waals surface area contributed by atoms with Crippen LogP contribution in [0.2, 0.25) is 0 Å². The molecule has 2 atom stereocenters. The third-order valence-corrected chi connectivity index (χ3v) is 5.52. The smallest absolute Gasteiger partial charge is 0.0725 e. The summed E-state index contributed by atoms with van der Waals surface area (Å²) in [5, 5.41) is 11.0. The summed E-state index contributed by atoms with van der Waals surface area (Å²) in [6, 6.07) is 11.8. The molecular formula is C18H27NO. The molecule has 2 heteroatoms. The van der Waals surface area contributed by atoms with E-state index in [1.165, 1.54) is 18.4 Å². The fourth-order valence-corrected chi connectivity index (χ4v) is 3.98. The van der Waals surface area contributed by atoms with E-state index in [1.54, 1.807) is 0 Å². The second-order valence-corrected chi connectivity index (χ2v) is 7.73. The Morgan fingerprint density at radius 3 is 2.15 bits per heavy atom. The highest BCUT2D eigenvalue weighted by Crippen LogP contribution is 2.48. The molecule has 3 rings (SSSR count). The molecule has 110 valence electrons. The molecule has 0 saturated carbocycles. The zero-order chi connectivity index (χ0) is 14.4. The van der Waals surface area contributed by atoms with Gasteiger partial charge in [-0.15, -0.1) is 0 Å². The number of hydrogen-bond donors (Lipinski definition) is 1. The van der Waals surface area contributed by atoms with Crippen molar-refractivity contribution in [1.82, 2.24) is 4.90 Å². The number of aliphatic hydroxyl groups is 1. The zero-order valence-electron chi connectivity index (χ0n) is 13.0. The number of fused-ring (bicyclic) bond motifs is 2. The maximum Gasteiger partial charge on any atom is 0.0725 e. The van der Waals surface area contributed by atoms with E-state index in [0.717, 1.165) is 19.4 Å². The highest BCUT2D eigenvalue weighted by Gasteiger charge is 2.52. The van der Waals surface area contributed by atoms with Crippen molar-refractivity contribution in [1.29, 1.82) is 0 Å². The Kier molecular flexibility index (Phi) is 3.42. The van der Waals surface area contributed by atoms with Crippen LogP contribution in [0.25, 0.3) is 0 Å². The summed E-state index contributed by atoms with van der Waals surface area (Å²) in [6.07, 6.45) is 4.35. The molecule has 0 aliphatic carbocycles. The van der Waals surface area contributed by atoms with Crippen molar-refractivity contribution in [2.24, 2.45) is 5.41 Å². The van der Waals surface area contributed by atoms with Crippen LogP contribution in [0.5, 0.6) is 0 Å². The standard InChI is InChI=1S/C18H27NO/c1-17(2,3)18(20)11-15-9-10-16(12-18)19(15)13-14-7-5-4-6-8-14/h4-8,15-16,20H,9-13H2,1-3H3. The first kappa shape index (κ1) is 14.1. The topological polar surface area (TPSA) is 23.5 Å². The number of hydrogen-bond acceptors (Lipinski definition) is 2. The lowest BCUT2D eigenvalue weighted by atomic mass is 9.68. The van der Waals surface area contributed by atoms with Crippen molar-refractivity contribution >= 4 is 0 Å². The average molecular weight is 273 g/mol. The zero-order valence-corrected chi connectivity index (χ0v) is 13.0. The van der Waals surface area contributed by atoms with Gasteiger partial charge in [0.25, 0.3) is 0 Å². The van der Waals surface area contributed by atoms with Crippen LogP contribution >= 0.6 is 0 Å². The maximum absolute atomic E-state index is 11.0. The van der Waals surface area contributed by atoms with Crippen LogP contribution in [0.3, 0.4) is 0 Å². The minimum absolute atomic E-state index is 0.0212. The van der Waals surface area contributed by atoms with Crippen molar-refractivity contribution in [2.75, 3.05) is 0 Å². The van der Waals surface area contributed by atoms with E-state index in [2.05, 4.69) is 56.0 Å². The highest BCUT2D eigenvalue weighted by atomic mass is 16.3. The van der Waals surface area contributed by atoms with E-state index in [1.807, 2.05) is 0 Å². The third kappa shape index (κ3) is 2.40. The van der Waals surface area contributed by atoms with Crippen LogP contribution in [0.15, 0.2) is 30.3 Å². The predicted molar refractivity (Wildman–Crippen MR) is 82.4 cm³/mol. The van der Waals surface area contributed by atoms with Gasteiger partial charge in [-0.3, -0.25) is 4.90 Å². The lowest BCUT2D eigenvalue weighted by molar-refractivity contribution is -0.121. The van der Waals surface area contributed by atoms with Gasteiger partial charge in [0.2, 0.25) is 0 Å².